The van der Waals surface area contributed by atoms with Crippen molar-refractivity contribution in [3.63, 3.8) is 0 Å². The van der Waals surface area contributed by atoms with Crippen molar-refractivity contribution in [3.05, 3.63) is 81.6 Å². The number of methoxy groups -OCH3 is 1. The first-order valence-corrected chi connectivity index (χ1v) is 9.13. The van der Waals surface area contributed by atoms with Gasteiger partial charge in [0, 0.05) is 23.2 Å². The zero-order valence-electron chi connectivity index (χ0n) is 15.6. The van der Waals surface area contributed by atoms with Gasteiger partial charge in [0.25, 0.3) is 5.56 Å². The van der Waals surface area contributed by atoms with Gasteiger partial charge in [-0.3, -0.25) is 9.59 Å². The minimum absolute atomic E-state index is 0.274. The highest BCUT2D eigenvalue weighted by atomic mass is 35.5. The lowest BCUT2D eigenvalue weighted by atomic mass is 10.1. The molecule has 6 nitrogen and oxygen atoms in total. The fourth-order valence-corrected chi connectivity index (χ4v) is 2.90. The van der Waals surface area contributed by atoms with Gasteiger partial charge < -0.3 is 10.1 Å². The van der Waals surface area contributed by atoms with E-state index in [0.717, 1.165) is 16.9 Å². The highest BCUT2D eigenvalue weighted by molar-refractivity contribution is 6.31. The summed E-state index contributed by atoms with van der Waals surface area (Å²) in [5, 5.41) is 7.74. The second-order valence-corrected chi connectivity index (χ2v) is 6.62. The van der Waals surface area contributed by atoms with Crippen LogP contribution in [0.1, 0.15) is 18.5 Å². The van der Waals surface area contributed by atoms with Gasteiger partial charge >= 0.3 is 0 Å². The van der Waals surface area contributed by atoms with E-state index >= 15 is 0 Å². The van der Waals surface area contributed by atoms with Crippen LogP contribution in [0.4, 0.5) is 0 Å². The molecular weight excluding hydrogens is 378 g/mol. The third-order valence-electron chi connectivity index (χ3n) is 4.37. The predicted octanol–water partition coefficient (Wildman–Crippen LogP) is 3.45. The lowest BCUT2D eigenvalue weighted by Gasteiger charge is -2.15. The number of ether oxygens (including phenoxy) is 1. The molecule has 1 atom stereocenters. The van der Waals surface area contributed by atoms with Crippen LogP contribution in [-0.4, -0.2) is 22.8 Å². The van der Waals surface area contributed by atoms with Crippen LogP contribution in [0.3, 0.4) is 0 Å². The average molecular weight is 398 g/mol. The highest BCUT2D eigenvalue weighted by Gasteiger charge is 2.18. The summed E-state index contributed by atoms with van der Waals surface area (Å²) in [6, 6.07) is 16.9. The van der Waals surface area contributed by atoms with Gasteiger partial charge in [0.2, 0.25) is 5.91 Å². The first kappa shape index (κ1) is 19.6. The molecule has 0 radical (unpaired) electrons. The number of benzene rings is 2. The maximum Gasteiger partial charge on any atom is 0.267 e. The van der Waals surface area contributed by atoms with E-state index in [9.17, 15) is 9.59 Å². The molecule has 144 valence electrons. The Morgan fingerprint density at radius 2 is 1.86 bits per heavy atom. The van der Waals surface area contributed by atoms with Crippen molar-refractivity contribution in [2.75, 3.05) is 7.11 Å². The molecule has 0 aliphatic carbocycles. The van der Waals surface area contributed by atoms with Crippen LogP contribution in [-0.2, 0) is 11.3 Å². The van der Waals surface area contributed by atoms with Gasteiger partial charge in [0.05, 0.1) is 12.8 Å². The van der Waals surface area contributed by atoms with E-state index in [1.54, 1.807) is 26.2 Å². The van der Waals surface area contributed by atoms with Gasteiger partial charge in [0.1, 0.15) is 11.8 Å². The predicted molar refractivity (Wildman–Crippen MR) is 108 cm³/mol. The van der Waals surface area contributed by atoms with Crippen molar-refractivity contribution < 1.29 is 9.53 Å². The monoisotopic (exact) mass is 397 g/mol. The van der Waals surface area contributed by atoms with E-state index in [1.807, 2.05) is 42.5 Å². The second kappa shape index (κ2) is 8.71. The van der Waals surface area contributed by atoms with Crippen LogP contribution in [0.5, 0.6) is 5.75 Å². The summed E-state index contributed by atoms with van der Waals surface area (Å²) in [5.74, 6) is 0.408. The summed E-state index contributed by atoms with van der Waals surface area (Å²) in [6.45, 7) is 1.91. The Hall–Kier alpha value is -3.12. The summed E-state index contributed by atoms with van der Waals surface area (Å²) in [6.07, 6.45) is 0. The summed E-state index contributed by atoms with van der Waals surface area (Å²) in [7, 11) is 1.59. The molecule has 1 heterocycles. The molecule has 0 fully saturated rings. The quantitative estimate of drug-likeness (QED) is 0.691. The minimum Gasteiger partial charge on any atom is -0.497 e. The molecule has 0 saturated heterocycles. The van der Waals surface area contributed by atoms with Gasteiger partial charge in [-0.15, -0.1) is 0 Å². The largest absolute Gasteiger partial charge is 0.497 e. The number of carbonyl (C=O) groups excluding carboxylic acids is 1. The zero-order chi connectivity index (χ0) is 20.1. The summed E-state index contributed by atoms with van der Waals surface area (Å²) < 4.78 is 6.33. The van der Waals surface area contributed by atoms with Crippen molar-refractivity contribution in [1.82, 2.24) is 15.1 Å². The number of carbonyl (C=O) groups is 1. The van der Waals surface area contributed by atoms with E-state index in [4.69, 9.17) is 16.3 Å². The molecular formula is C21H20ClN3O3. The van der Waals surface area contributed by atoms with Gasteiger partial charge in [0.15, 0.2) is 0 Å². The van der Waals surface area contributed by atoms with Crippen LogP contribution in [0, 0.1) is 0 Å². The molecule has 7 heteroatoms. The SMILES string of the molecule is COc1ccc(-c2ccc(=O)n(C(C)C(=O)NCc3ccccc3Cl)n2)cc1. The van der Waals surface area contributed by atoms with E-state index < -0.39 is 6.04 Å². The minimum atomic E-state index is -0.770. The van der Waals surface area contributed by atoms with Crippen LogP contribution in [0.2, 0.25) is 5.02 Å². The molecule has 0 aliphatic rings. The molecule has 1 N–H and O–H groups in total. The number of hydrogen-bond donors (Lipinski definition) is 1. The van der Waals surface area contributed by atoms with Crippen LogP contribution in [0.15, 0.2) is 65.5 Å². The molecule has 2 aromatic carbocycles. The summed E-state index contributed by atoms with van der Waals surface area (Å²) in [4.78, 5) is 24.8. The average Bonchev–Trinajstić information content (AvgIpc) is 2.73. The molecule has 3 rings (SSSR count). The molecule has 28 heavy (non-hydrogen) atoms. The third-order valence-corrected chi connectivity index (χ3v) is 4.74. The van der Waals surface area contributed by atoms with Crippen LogP contribution in [0.25, 0.3) is 11.3 Å². The number of aromatic nitrogens is 2. The zero-order valence-corrected chi connectivity index (χ0v) is 16.3. The van der Waals surface area contributed by atoms with Crippen molar-refractivity contribution >= 4 is 17.5 Å². The Kier molecular flexibility index (Phi) is 6.11. The Labute approximate surface area is 167 Å². The number of nitrogens with one attached hydrogen (secondary N) is 1. The third kappa shape index (κ3) is 4.40. The lowest BCUT2D eigenvalue weighted by Crippen LogP contribution is -2.36. The summed E-state index contributed by atoms with van der Waals surface area (Å²) >= 11 is 6.11. The van der Waals surface area contributed by atoms with E-state index in [0.29, 0.717) is 10.7 Å². The van der Waals surface area contributed by atoms with E-state index in [-0.39, 0.29) is 18.0 Å². The van der Waals surface area contributed by atoms with Gasteiger partial charge in [-0.1, -0.05) is 29.8 Å². The van der Waals surface area contributed by atoms with Crippen LogP contribution < -0.4 is 15.6 Å². The number of amides is 1. The first-order chi connectivity index (χ1) is 13.5. The van der Waals surface area contributed by atoms with Crippen molar-refractivity contribution in [2.24, 2.45) is 0 Å². The lowest BCUT2D eigenvalue weighted by molar-refractivity contribution is -0.124. The van der Waals surface area contributed by atoms with Gasteiger partial charge in [-0.05, 0) is 48.9 Å². The van der Waals surface area contributed by atoms with E-state index in [1.165, 1.54) is 10.7 Å². The van der Waals surface area contributed by atoms with Gasteiger partial charge in [-0.25, -0.2) is 4.68 Å². The molecule has 1 amide bonds. The smallest absolute Gasteiger partial charge is 0.267 e. The Bertz CT molecular complexity index is 1030. The Morgan fingerprint density at radius 1 is 1.14 bits per heavy atom. The second-order valence-electron chi connectivity index (χ2n) is 6.22. The van der Waals surface area contributed by atoms with Crippen LogP contribution >= 0.6 is 11.6 Å². The fraction of sp³-hybridized carbons (Fsp3) is 0.190. The maximum absolute atomic E-state index is 12.5. The number of rotatable bonds is 6. The number of halogens is 1. The first-order valence-electron chi connectivity index (χ1n) is 8.75. The van der Waals surface area contributed by atoms with Crippen molar-refractivity contribution in [3.8, 4) is 17.0 Å². The van der Waals surface area contributed by atoms with Gasteiger partial charge in [-0.2, -0.15) is 5.10 Å². The van der Waals surface area contributed by atoms with E-state index in [2.05, 4.69) is 10.4 Å². The molecule has 3 aromatic rings. The molecule has 0 aliphatic heterocycles. The fourth-order valence-electron chi connectivity index (χ4n) is 2.70. The molecule has 1 unspecified atom stereocenters. The molecule has 0 saturated carbocycles. The Morgan fingerprint density at radius 3 is 2.54 bits per heavy atom. The van der Waals surface area contributed by atoms with Crippen molar-refractivity contribution in [2.45, 2.75) is 19.5 Å². The maximum atomic E-state index is 12.5. The highest BCUT2D eigenvalue weighted by Crippen LogP contribution is 2.20. The normalized spacial score (nSPS) is 11.7. The number of hydrogen-bond acceptors (Lipinski definition) is 4. The molecule has 1 aromatic heterocycles. The number of nitrogens with zero attached hydrogens (tertiary/aromatic N) is 2. The van der Waals surface area contributed by atoms with Crippen molar-refractivity contribution in [1.29, 1.82) is 0 Å². The Balaban J connectivity index is 1.78. The summed E-state index contributed by atoms with van der Waals surface area (Å²) in [5.41, 5.74) is 1.86. The molecule has 0 bridgehead atoms. The molecule has 0 spiro atoms. The standard InChI is InChI=1S/C21H20ClN3O3/c1-14(21(27)23-13-16-5-3-4-6-18(16)22)25-20(26)12-11-19(24-25)15-7-9-17(28-2)10-8-15/h3-12,14H,13H2,1-2H3,(H,23,27). The topological polar surface area (TPSA) is 73.2 Å².